The summed E-state index contributed by atoms with van der Waals surface area (Å²) in [6, 6.07) is 0. The van der Waals surface area contributed by atoms with Crippen LogP contribution >= 0.6 is 0 Å². The molecule has 0 aromatic carbocycles. The van der Waals surface area contributed by atoms with Gasteiger partial charge in [-0.05, 0) is 27.1 Å². The Bertz CT molecular complexity index is 80.8. The Morgan fingerprint density at radius 3 is 2.45 bits per heavy atom. The third-order valence-corrected chi connectivity index (χ3v) is 1.73. The van der Waals surface area contributed by atoms with Crippen molar-refractivity contribution in [1.82, 2.24) is 4.90 Å². The van der Waals surface area contributed by atoms with Crippen molar-refractivity contribution in [2.45, 2.75) is 6.42 Å². The average molecular weight is 175 g/mol. The summed E-state index contributed by atoms with van der Waals surface area (Å²) < 4.78 is 10.3. The zero-order chi connectivity index (χ0) is 8.53. The average Bonchev–Trinajstić information content (AvgIpc) is 1.96. The Morgan fingerprint density at radius 2 is 1.91 bits per heavy atom. The summed E-state index contributed by atoms with van der Waals surface area (Å²) in [4.78, 5) is 2.16. The van der Waals surface area contributed by atoms with E-state index in [1.165, 1.54) is 0 Å². The Hall–Kier alpha value is 0.412. The van der Waals surface area contributed by atoms with Crippen molar-refractivity contribution in [2.24, 2.45) is 0 Å². The highest BCUT2D eigenvalue weighted by Crippen LogP contribution is 1.85. The second kappa shape index (κ2) is 8.51. The third-order valence-electron chi connectivity index (χ3n) is 1.33. The zero-order valence-corrected chi connectivity index (χ0v) is 9.80. The van der Waals surface area contributed by atoms with Gasteiger partial charge in [-0.15, -0.1) is 0 Å². The largest absolute Gasteiger partial charge is 0.504 e. The summed E-state index contributed by atoms with van der Waals surface area (Å²) in [5.41, 5.74) is 0. The monoisotopic (exact) mass is 175 g/mol. The van der Waals surface area contributed by atoms with Gasteiger partial charge < -0.3 is 13.4 Å². The Morgan fingerprint density at radius 1 is 1.18 bits per heavy atom. The fourth-order valence-electron chi connectivity index (χ4n) is 0.727. The first-order chi connectivity index (χ1) is 5.27. The van der Waals surface area contributed by atoms with Crippen LogP contribution in [0.25, 0.3) is 0 Å². The van der Waals surface area contributed by atoms with Crippen LogP contribution in [0, 0.1) is 0 Å². The van der Waals surface area contributed by atoms with Gasteiger partial charge in [0.1, 0.15) is 0 Å². The Kier molecular flexibility index (Phi) is 8.83. The van der Waals surface area contributed by atoms with Gasteiger partial charge in [-0.1, -0.05) is 0 Å². The maximum absolute atomic E-state index is 5.30. The molecule has 66 valence electrons. The molecule has 0 aromatic heterocycles. The molecule has 0 spiro atoms. The predicted octanol–water partition coefficient (Wildman–Crippen LogP) is -0.481. The van der Waals surface area contributed by atoms with E-state index in [-0.39, 0.29) is 0 Å². The lowest BCUT2D eigenvalue weighted by molar-refractivity contribution is 0.0976. The Balaban J connectivity index is 2.80. The molecule has 0 unspecified atom stereocenters. The standard InChI is InChI=1S/C7H16NO2.Al.2H/c1-8(2)4-3-6-10-7-5-9;;;/h3-7H2,1-2H3;;;/q-1;+1;;. The molecule has 4 heteroatoms. The zero-order valence-electron chi connectivity index (χ0n) is 7.80. The second-order valence-electron chi connectivity index (χ2n) is 2.76. The van der Waals surface area contributed by atoms with Gasteiger partial charge in [-0.2, -0.15) is 0 Å². The molecular weight excluding hydrogens is 157 g/mol. The van der Waals surface area contributed by atoms with Crippen molar-refractivity contribution in [3.05, 3.63) is 0 Å². The van der Waals surface area contributed by atoms with Crippen LogP contribution in [0.3, 0.4) is 0 Å². The maximum Gasteiger partial charge on any atom is 0.410 e. The van der Waals surface area contributed by atoms with Gasteiger partial charge in [0.15, 0.2) is 0 Å². The highest BCUT2D eigenvalue weighted by molar-refractivity contribution is 5.97. The normalized spacial score (nSPS) is 10.8. The first kappa shape index (κ1) is 11.4. The Labute approximate surface area is 77.4 Å². The van der Waals surface area contributed by atoms with Gasteiger partial charge in [0, 0.05) is 13.2 Å². The summed E-state index contributed by atoms with van der Waals surface area (Å²) in [5, 5.41) is 0. The van der Waals surface area contributed by atoms with Crippen LogP contribution in [0.4, 0.5) is 0 Å². The number of rotatable bonds is 7. The first-order valence-electron chi connectivity index (χ1n) is 3.98. The minimum atomic E-state index is 0.747. The van der Waals surface area contributed by atoms with Gasteiger partial charge in [-0.3, -0.25) is 0 Å². The molecule has 0 saturated heterocycles. The minimum absolute atomic E-state index is 0.747. The van der Waals surface area contributed by atoms with Crippen molar-refractivity contribution in [3.8, 4) is 0 Å². The van der Waals surface area contributed by atoms with Gasteiger partial charge >= 0.3 is 16.6 Å². The highest BCUT2D eigenvalue weighted by atomic mass is 27.1. The molecule has 0 aromatic rings. The number of nitrogens with zero attached hydrogens (tertiary/aromatic N) is 1. The van der Waals surface area contributed by atoms with Crippen LogP contribution in [0.5, 0.6) is 0 Å². The lowest BCUT2D eigenvalue weighted by Crippen LogP contribution is -2.15. The van der Waals surface area contributed by atoms with Crippen LogP contribution in [0.15, 0.2) is 0 Å². The molecule has 0 atom stereocenters. The van der Waals surface area contributed by atoms with E-state index in [1.54, 1.807) is 0 Å². The SMILES string of the molecule is CN(C)CCCOCC[O][AlH2]. The molecule has 11 heavy (non-hydrogen) atoms. The third kappa shape index (κ3) is 10.4. The number of hydrogen-bond acceptors (Lipinski definition) is 3. The molecule has 0 bridgehead atoms. The van der Waals surface area contributed by atoms with E-state index in [0.717, 1.165) is 49.4 Å². The molecule has 0 fully saturated rings. The van der Waals surface area contributed by atoms with Gasteiger partial charge in [0.05, 0.1) is 6.61 Å². The molecular formula is C7H18AlNO2. The predicted molar refractivity (Wildman–Crippen MR) is 48.5 cm³/mol. The van der Waals surface area contributed by atoms with Gasteiger partial charge in [0.25, 0.3) is 0 Å². The smallest absolute Gasteiger partial charge is 0.410 e. The molecule has 0 aliphatic carbocycles. The van der Waals surface area contributed by atoms with Crippen LogP contribution in [-0.4, -0.2) is 62.0 Å². The van der Waals surface area contributed by atoms with E-state index in [0.29, 0.717) is 0 Å². The summed E-state index contributed by atoms with van der Waals surface area (Å²) in [6.07, 6.45) is 1.11. The van der Waals surface area contributed by atoms with E-state index in [2.05, 4.69) is 19.0 Å². The summed E-state index contributed by atoms with van der Waals surface area (Å²) >= 11 is 0.817. The van der Waals surface area contributed by atoms with E-state index in [4.69, 9.17) is 8.53 Å². The highest BCUT2D eigenvalue weighted by Gasteiger charge is 1.90. The lowest BCUT2D eigenvalue weighted by atomic mass is 10.4. The van der Waals surface area contributed by atoms with Crippen LogP contribution in [0.2, 0.25) is 0 Å². The molecule has 0 aliphatic heterocycles. The van der Waals surface area contributed by atoms with Crippen molar-refractivity contribution in [3.63, 3.8) is 0 Å². The number of ether oxygens (including phenoxy) is 1. The van der Waals surface area contributed by atoms with Crippen molar-refractivity contribution in [2.75, 3.05) is 40.5 Å². The summed E-state index contributed by atoms with van der Waals surface area (Å²) in [5.74, 6) is 0. The first-order valence-corrected chi connectivity index (χ1v) is 4.80. The van der Waals surface area contributed by atoms with E-state index in [1.807, 2.05) is 0 Å². The molecule has 0 rings (SSSR count). The topological polar surface area (TPSA) is 21.7 Å². The van der Waals surface area contributed by atoms with Crippen molar-refractivity contribution in [1.29, 1.82) is 0 Å². The lowest BCUT2D eigenvalue weighted by Gasteiger charge is -2.09. The van der Waals surface area contributed by atoms with Gasteiger partial charge in [-0.25, -0.2) is 0 Å². The molecule has 0 radical (unpaired) electrons. The quantitative estimate of drug-likeness (QED) is 0.385. The molecule has 0 amide bonds. The summed E-state index contributed by atoms with van der Waals surface area (Å²) in [7, 11) is 4.14. The van der Waals surface area contributed by atoms with E-state index < -0.39 is 0 Å². The van der Waals surface area contributed by atoms with Crippen LogP contribution in [-0.2, 0) is 8.53 Å². The molecule has 0 heterocycles. The van der Waals surface area contributed by atoms with Crippen molar-refractivity contribution < 1.29 is 8.53 Å². The molecule has 0 N–H and O–H groups in total. The summed E-state index contributed by atoms with van der Waals surface area (Å²) in [6.45, 7) is 3.45. The van der Waals surface area contributed by atoms with Crippen LogP contribution in [0.1, 0.15) is 6.42 Å². The van der Waals surface area contributed by atoms with Gasteiger partial charge in [0.2, 0.25) is 0 Å². The number of hydrogen-bond donors (Lipinski definition) is 0. The fraction of sp³-hybridized carbons (Fsp3) is 1.00. The van der Waals surface area contributed by atoms with Crippen molar-refractivity contribution >= 4 is 16.6 Å². The fourth-order valence-corrected chi connectivity index (χ4v) is 0.894. The molecule has 0 aliphatic rings. The second-order valence-corrected chi connectivity index (χ2v) is 3.34. The molecule has 3 nitrogen and oxygen atoms in total. The van der Waals surface area contributed by atoms with Crippen LogP contribution < -0.4 is 0 Å². The minimum Gasteiger partial charge on any atom is -0.504 e. The van der Waals surface area contributed by atoms with E-state index in [9.17, 15) is 0 Å². The molecule has 0 saturated carbocycles. The maximum atomic E-state index is 5.30. The van der Waals surface area contributed by atoms with E-state index >= 15 is 0 Å².